The summed E-state index contributed by atoms with van der Waals surface area (Å²) in [5, 5.41) is 4.07. The molecule has 1 aromatic rings. The maximum absolute atomic E-state index is 5.67. The minimum Gasteiger partial charge on any atom is -0.326 e. The molecule has 0 aliphatic rings. The minimum atomic E-state index is 0.153. The number of hydrogen-bond acceptors (Lipinski definition) is 2. The monoisotopic (exact) mass is 139 g/mol. The van der Waals surface area contributed by atoms with Gasteiger partial charge in [0.05, 0.1) is 6.04 Å². The van der Waals surface area contributed by atoms with E-state index < -0.39 is 0 Å². The van der Waals surface area contributed by atoms with Gasteiger partial charge in [0, 0.05) is 18.4 Å². The van der Waals surface area contributed by atoms with Crippen LogP contribution in [-0.4, -0.2) is 15.8 Å². The van der Waals surface area contributed by atoms with Crippen molar-refractivity contribution in [2.75, 3.05) is 0 Å². The van der Waals surface area contributed by atoms with Gasteiger partial charge in [-0.1, -0.05) is 0 Å². The SMILES string of the molecule is C[C@H](N)[C@H](C)n1cccn1. The molecule has 56 valence electrons. The summed E-state index contributed by atoms with van der Waals surface area (Å²) in [4.78, 5) is 0. The highest BCUT2D eigenvalue weighted by Gasteiger charge is 2.07. The summed E-state index contributed by atoms with van der Waals surface area (Å²) in [5.41, 5.74) is 5.67. The summed E-state index contributed by atoms with van der Waals surface area (Å²) in [6, 6.07) is 2.34. The van der Waals surface area contributed by atoms with Gasteiger partial charge in [-0.2, -0.15) is 5.10 Å². The topological polar surface area (TPSA) is 43.8 Å². The Hall–Kier alpha value is -0.830. The van der Waals surface area contributed by atoms with Crippen molar-refractivity contribution in [1.82, 2.24) is 9.78 Å². The Bertz CT molecular complexity index is 179. The first-order valence-corrected chi connectivity index (χ1v) is 3.46. The lowest BCUT2D eigenvalue weighted by molar-refractivity contribution is 0.425. The molecule has 0 saturated heterocycles. The standard InChI is InChI=1S/C7H13N3/c1-6(8)7(2)10-5-3-4-9-10/h3-7H,8H2,1-2H3/t6-,7-/m0/s1. The molecular weight excluding hydrogens is 126 g/mol. The van der Waals surface area contributed by atoms with Crippen LogP contribution in [0.4, 0.5) is 0 Å². The van der Waals surface area contributed by atoms with E-state index in [2.05, 4.69) is 12.0 Å². The van der Waals surface area contributed by atoms with Crippen LogP contribution >= 0.6 is 0 Å². The highest BCUT2D eigenvalue weighted by atomic mass is 15.3. The second-order valence-corrected chi connectivity index (χ2v) is 2.59. The maximum atomic E-state index is 5.67. The van der Waals surface area contributed by atoms with Crippen molar-refractivity contribution in [3.8, 4) is 0 Å². The van der Waals surface area contributed by atoms with E-state index in [1.54, 1.807) is 6.20 Å². The molecule has 2 N–H and O–H groups in total. The summed E-state index contributed by atoms with van der Waals surface area (Å²) >= 11 is 0. The molecule has 2 atom stereocenters. The Kier molecular flexibility index (Phi) is 2.06. The Labute approximate surface area is 60.8 Å². The van der Waals surface area contributed by atoms with Gasteiger partial charge in [0.15, 0.2) is 0 Å². The normalized spacial score (nSPS) is 16.7. The lowest BCUT2D eigenvalue weighted by Crippen LogP contribution is -2.27. The number of aromatic nitrogens is 2. The first-order chi connectivity index (χ1) is 4.72. The second-order valence-electron chi connectivity index (χ2n) is 2.59. The molecule has 0 spiro atoms. The molecule has 3 nitrogen and oxygen atoms in total. The van der Waals surface area contributed by atoms with E-state index in [4.69, 9.17) is 5.73 Å². The van der Waals surface area contributed by atoms with Crippen molar-refractivity contribution >= 4 is 0 Å². The summed E-state index contributed by atoms with van der Waals surface area (Å²) in [5.74, 6) is 0. The molecule has 0 amide bonds. The zero-order valence-electron chi connectivity index (χ0n) is 6.36. The number of nitrogens with zero attached hydrogens (tertiary/aromatic N) is 2. The summed E-state index contributed by atoms with van der Waals surface area (Å²) < 4.78 is 1.87. The number of rotatable bonds is 2. The van der Waals surface area contributed by atoms with E-state index in [1.807, 2.05) is 23.9 Å². The summed E-state index contributed by atoms with van der Waals surface area (Å²) in [6.07, 6.45) is 3.69. The summed E-state index contributed by atoms with van der Waals surface area (Å²) in [7, 11) is 0. The second kappa shape index (κ2) is 2.84. The molecule has 0 aliphatic heterocycles. The van der Waals surface area contributed by atoms with Gasteiger partial charge in [-0.3, -0.25) is 4.68 Å². The Morgan fingerprint density at radius 1 is 1.50 bits per heavy atom. The van der Waals surface area contributed by atoms with Gasteiger partial charge in [0.2, 0.25) is 0 Å². The number of nitrogens with two attached hydrogens (primary N) is 1. The highest BCUT2D eigenvalue weighted by molar-refractivity contribution is 4.82. The van der Waals surface area contributed by atoms with Crippen LogP contribution < -0.4 is 5.73 Å². The van der Waals surface area contributed by atoms with Crippen LogP contribution in [0.3, 0.4) is 0 Å². The van der Waals surface area contributed by atoms with Crippen LogP contribution in [0.15, 0.2) is 18.5 Å². The van der Waals surface area contributed by atoms with Gasteiger partial charge < -0.3 is 5.73 Å². The van der Waals surface area contributed by atoms with Gasteiger partial charge >= 0.3 is 0 Å². The Morgan fingerprint density at radius 3 is 2.60 bits per heavy atom. The van der Waals surface area contributed by atoms with Crippen molar-refractivity contribution in [2.45, 2.75) is 25.9 Å². The molecule has 1 rings (SSSR count). The van der Waals surface area contributed by atoms with E-state index in [1.165, 1.54) is 0 Å². The summed E-state index contributed by atoms with van der Waals surface area (Å²) in [6.45, 7) is 4.03. The molecule has 0 unspecified atom stereocenters. The van der Waals surface area contributed by atoms with Crippen molar-refractivity contribution in [2.24, 2.45) is 5.73 Å². The fraction of sp³-hybridized carbons (Fsp3) is 0.571. The first-order valence-electron chi connectivity index (χ1n) is 3.46. The van der Waals surface area contributed by atoms with Crippen molar-refractivity contribution in [3.05, 3.63) is 18.5 Å². The molecule has 3 heteroatoms. The molecule has 0 bridgehead atoms. The third-order valence-electron chi connectivity index (χ3n) is 1.70. The van der Waals surface area contributed by atoms with Crippen LogP contribution in [0.2, 0.25) is 0 Å². The first kappa shape index (κ1) is 7.28. The molecule has 10 heavy (non-hydrogen) atoms. The van der Waals surface area contributed by atoms with Gasteiger partial charge in [-0.15, -0.1) is 0 Å². The molecule has 1 aromatic heterocycles. The average molecular weight is 139 g/mol. The van der Waals surface area contributed by atoms with Crippen LogP contribution in [0.5, 0.6) is 0 Å². The molecule has 0 aromatic carbocycles. The predicted molar refractivity (Wildman–Crippen MR) is 40.6 cm³/mol. The van der Waals surface area contributed by atoms with Crippen LogP contribution in [0.25, 0.3) is 0 Å². The number of hydrogen-bond donors (Lipinski definition) is 1. The molecular formula is C7H13N3. The maximum Gasteiger partial charge on any atom is 0.0639 e. The van der Waals surface area contributed by atoms with E-state index >= 15 is 0 Å². The molecule has 0 aliphatic carbocycles. The third kappa shape index (κ3) is 1.36. The smallest absolute Gasteiger partial charge is 0.0639 e. The predicted octanol–water partition coefficient (Wildman–Crippen LogP) is 0.791. The van der Waals surface area contributed by atoms with Gasteiger partial charge in [0.1, 0.15) is 0 Å². The Morgan fingerprint density at radius 2 is 2.20 bits per heavy atom. The fourth-order valence-corrected chi connectivity index (χ4v) is 0.762. The largest absolute Gasteiger partial charge is 0.326 e. The Balaban J connectivity index is 2.68. The van der Waals surface area contributed by atoms with E-state index in [0.717, 1.165) is 0 Å². The van der Waals surface area contributed by atoms with Crippen molar-refractivity contribution in [3.63, 3.8) is 0 Å². The van der Waals surface area contributed by atoms with Crippen LogP contribution in [0.1, 0.15) is 19.9 Å². The molecule has 0 radical (unpaired) electrons. The lowest BCUT2D eigenvalue weighted by atomic mass is 10.2. The zero-order valence-corrected chi connectivity index (χ0v) is 6.36. The average Bonchev–Trinajstić information content (AvgIpc) is 2.36. The zero-order chi connectivity index (χ0) is 7.56. The van der Waals surface area contributed by atoms with Crippen molar-refractivity contribution in [1.29, 1.82) is 0 Å². The van der Waals surface area contributed by atoms with E-state index in [0.29, 0.717) is 0 Å². The van der Waals surface area contributed by atoms with Gasteiger partial charge in [-0.05, 0) is 19.9 Å². The lowest BCUT2D eigenvalue weighted by Gasteiger charge is -2.15. The fourth-order valence-electron chi connectivity index (χ4n) is 0.762. The molecule has 0 saturated carbocycles. The van der Waals surface area contributed by atoms with E-state index in [-0.39, 0.29) is 12.1 Å². The van der Waals surface area contributed by atoms with Gasteiger partial charge in [0.25, 0.3) is 0 Å². The van der Waals surface area contributed by atoms with Crippen molar-refractivity contribution < 1.29 is 0 Å². The molecule has 1 heterocycles. The van der Waals surface area contributed by atoms with E-state index in [9.17, 15) is 0 Å². The highest BCUT2D eigenvalue weighted by Crippen LogP contribution is 2.05. The van der Waals surface area contributed by atoms with Crippen LogP contribution in [-0.2, 0) is 0 Å². The quantitative estimate of drug-likeness (QED) is 0.658. The van der Waals surface area contributed by atoms with Gasteiger partial charge in [-0.25, -0.2) is 0 Å². The minimum absolute atomic E-state index is 0.153. The third-order valence-corrected chi connectivity index (χ3v) is 1.70. The van der Waals surface area contributed by atoms with Crippen LogP contribution in [0, 0.1) is 0 Å². The molecule has 0 fully saturated rings.